The van der Waals surface area contributed by atoms with Gasteiger partial charge in [0.2, 0.25) is 0 Å². The van der Waals surface area contributed by atoms with E-state index in [1.54, 1.807) is 7.11 Å². The number of benzene rings is 3. The van der Waals surface area contributed by atoms with Crippen molar-refractivity contribution >= 4 is 11.5 Å². The maximum Gasteiger partial charge on any atom is 0.339 e. The zero-order valence-electron chi connectivity index (χ0n) is 15.1. The summed E-state index contributed by atoms with van der Waals surface area (Å²) in [6.07, 6.45) is 2.54. The number of cyclic esters (lactones) is 1. The highest BCUT2D eigenvalue weighted by Gasteiger charge is 2.42. The normalized spacial score (nSPS) is 18.7. The maximum atomic E-state index is 12.8. The molecule has 0 aliphatic carbocycles. The van der Waals surface area contributed by atoms with E-state index in [9.17, 15) is 4.79 Å². The van der Waals surface area contributed by atoms with Crippen molar-refractivity contribution in [2.75, 3.05) is 7.11 Å². The third kappa shape index (κ3) is 3.36. The maximum absolute atomic E-state index is 12.8. The topological polar surface area (TPSA) is 35.5 Å². The summed E-state index contributed by atoms with van der Waals surface area (Å²) in [6, 6.07) is 27.5. The summed E-state index contributed by atoms with van der Waals surface area (Å²) in [5, 5.41) is 0. The van der Waals surface area contributed by atoms with Crippen molar-refractivity contribution in [3.8, 4) is 5.75 Å². The Morgan fingerprint density at radius 3 is 2.11 bits per heavy atom. The standard InChI is InChI=1S/C24H20O3/c1-26-21-14-12-19(13-15-21)22-17-24(27-23(22)25,20-10-6-3-7-11-20)16-18-8-4-2-5-9-18/h2-15,17H,16H2,1H3. The second kappa shape index (κ2) is 7.12. The average Bonchev–Trinajstić information content (AvgIpc) is 3.06. The largest absolute Gasteiger partial charge is 0.497 e. The molecule has 0 spiro atoms. The van der Waals surface area contributed by atoms with Gasteiger partial charge in [-0.1, -0.05) is 72.8 Å². The van der Waals surface area contributed by atoms with Crippen LogP contribution in [0.5, 0.6) is 5.75 Å². The third-order valence-corrected chi connectivity index (χ3v) is 4.85. The number of carbonyl (C=O) groups excluding carboxylic acids is 1. The first-order valence-electron chi connectivity index (χ1n) is 8.90. The van der Waals surface area contributed by atoms with Crippen molar-refractivity contribution in [3.05, 3.63) is 108 Å². The summed E-state index contributed by atoms with van der Waals surface area (Å²) in [7, 11) is 1.62. The van der Waals surface area contributed by atoms with Crippen LogP contribution in [0.4, 0.5) is 0 Å². The van der Waals surface area contributed by atoms with Gasteiger partial charge in [-0.2, -0.15) is 0 Å². The molecule has 0 radical (unpaired) electrons. The Hall–Kier alpha value is -3.33. The Bertz CT molecular complexity index is 960. The minimum absolute atomic E-state index is 0.306. The van der Waals surface area contributed by atoms with E-state index in [1.165, 1.54) is 0 Å². The van der Waals surface area contributed by atoms with Crippen molar-refractivity contribution in [1.82, 2.24) is 0 Å². The van der Waals surface area contributed by atoms with Crippen LogP contribution in [0.3, 0.4) is 0 Å². The van der Waals surface area contributed by atoms with Gasteiger partial charge in [-0.05, 0) is 34.9 Å². The number of hydrogen-bond acceptors (Lipinski definition) is 3. The number of rotatable bonds is 5. The fourth-order valence-corrected chi connectivity index (χ4v) is 3.46. The van der Waals surface area contributed by atoms with E-state index in [0.717, 1.165) is 22.4 Å². The van der Waals surface area contributed by atoms with Crippen LogP contribution in [0.1, 0.15) is 16.7 Å². The van der Waals surface area contributed by atoms with Crippen LogP contribution in [0.25, 0.3) is 5.57 Å². The molecule has 0 saturated carbocycles. The molecule has 4 rings (SSSR count). The Kier molecular flexibility index (Phi) is 4.51. The van der Waals surface area contributed by atoms with Crippen molar-refractivity contribution in [3.63, 3.8) is 0 Å². The number of methoxy groups -OCH3 is 1. The van der Waals surface area contributed by atoms with Gasteiger partial charge in [-0.3, -0.25) is 0 Å². The molecular weight excluding hydrogens is 336 g/mol. The first-order valence-corrected chi connectivity index (χ1v) is 8.90. The van der Waals surface area contributed by atoms with Gasteiger partial charge < -0.3 is 9.47 Å². The fourth-order valence-electron chi connectivity index (χ4n) is 3.46. The summed E-state index contributed by atoms with van der Waals surface area (Å²) in [5.41, 5.74) is 2.67. The highest BCUT2D eigenvalue weighted by atomic mass is 16.6. The van der Waals surface area contributed by atoms with Gasteiger partial charge in [0.05, 0.1) is 12.7 Å². The molecule has 1 aliphatic rings. The Morgan fingerprint density at radius 1 is 0.852 bits per heavy atom. The van der Waals surface area contributed by atoms with Crippen LogP contribution in [-0.4, -0.2) is 13.1 Å². The summed E-state index contributed by atoms with van der Waals surface area (Å²) >= 11 is 0. The molecule has 3 nitrogen and oxygen atoms in total. The van der Waals surface area contributed by atoms with Crippen LogP contribution in [0.15, 0.2) is 91.0 Å². The summed E-state index contributed by atoms with van der Waals surface area (Å²) in [6.45, 7) is 0. The molecule has 0 fully saturated rings. The van der Waals surface area contributed by atoms with Crippen LogP contribution in [-0.2, 0) is 21.6 Å². The highest BCUT2D eigenvalue weighted by molar-refractivity contribution is 6.18. The van der Waals surface area contributed by atoms with Gasteiger partial charge in [0, 0.05) is 6.42 Å². The van der Waals surface area contributed by atoms with Crippen LogP contribution < -0.4 is 4.74 Å². The fraction of sp³-hybridized carbons (Fsp3) is 0.125. The summed E-state index contributed by atoms with van der Waals surface area (Å²) in [5.74, 6) is 0.448. The smallest absolute Gasteiger partial charge is 0.339 e. The molecule has 1 unspecified atom stereocenters. The highest BCUT2D eigenvalue weighted by Crippen LogP contribution is 2.41. The van der Waals surface area contributed by atoms with E-state index in [4.69, 9.17) is 9.47 Å². The van der Waals surface area contributed by atoms with Crippen LogP contribution in [0.2, 0.25) is 0 Å². The zero-order chi connectivity index (χ0) is 18.7. The molecule has 1 heterocycles. The molecule has 0 saturated heterocycles. The number of esters is 1. The quantitative estimate of drug-likeness (QED) is 0.618. The van der Waals surface area contributed by atoms with Gasteiger partial charge in [0.1, 0.15) is 5.75 Å². The lowest BCUT2D eigenvalue weighted by Crippen LogP contribution is -2.28. The van der Waals surface area contributed by atoms with E-state index in [-0.39, 0.29) is 5.97 Å². The molecule has 0 bridgehead atoms. The third-order valence-electron chi connectivity index (χ3n) is 4.85. The molecular formula is C24H20O3. The van der Waals surface area contributed by atoms with Gasteiger partial charge in [0.25, 0.3) is 0 Å². The lowest BCUT2D eigenvalue weighted by atomic mass is 9.86. The van der Waals surface area contributed by atoms with E-state index in [1.807, 2.05) is 78.9 Å². The lowest BCUT2D eigenvalue weighted by molar-refractivity contribution is -0.145. The number of carbonyl (C=O) groups is 1. The van der Waals surface area contributed by atoms with Crippen molar-refractivity contribution in [2.45, 2.75) is 12.0 Å². The van der Waals surface area contributed by atoms with E-state index < -0.39 is 5.60 Å². The predicted octanol–water partition coefficient (Wildman–Crippen LogP) is 4.77. The number of ether oxygens (including phenoxy) is 2. The molecule has 0 aromatic heterocycles. The Morgan fingerprint density at radius 2 is 1.48 bits per heavy atom. The average molecular weight is 356 g/mol. The predicted molar refractivity (Wildman–Crippen MR) is 105 cm³/mol. The minimum Gasteiger partial charge on any atom is -0.497 e. The molecule has 1 atom stereocenters. The second-order valence-electron chi connectivity index (χ2n) is 6.59. The van der Waals surface area contributed by atoms with Gasteiger partial charge in [0.15, 0.2) is 5.60 Å². The molecule has 3 heteroatoms. The Labute approximate surface area is 158 Å². The van der Waals surface area contributed by atoms with E-state index >= 15 is 0 Å². The summed E-state index contributed by atoms with van der Waals surface area (Å²) < 4.78 is 11.2. The summed E-state index contributed by atoms with van der Waals surface area (Å²) in [4.78, 5) is 12.8. The van der Waals surface area contributed by atoms with Gasteiger partial charge in [-0.25, -0.2) is 4.79 Å². The monoisotopic (exact) mass is 356 g/mol. The molecule has 1 aliphatic heterocycles. The molecule has 0 N–H and O–H groups in total. The molecule has 134 valence electrons. The number of hydrogen-bond donors (Lipinski definition) is 0. The Balaban J connectivity index is 1.79. The van der Waals surface area contributed by atoms with Crippen molar-refractivity contribution in [2.24, 2.45) is 0 Å². The lowest BCUT2D eigenvalue weighted by Gasteiger charge is -2.27. The SMILES string of the molecule is COc1ccc(C2=CC(Cc3ccccc3)(c3ccccc3)OC2=O)cc1. The second-order valence-corrected chi connectivity index (χ2v) is 6.59. The van der Waals surface area contributed by atoms with Crippen molar-refractivity contribution < 1.29 is 14.3 Å². The first kappa shape index (κ1) is 17.1. The van der Waals surface area contributed by atoms with Crippen molar-refractivity contribution in [1.29, 1.82) is 0 Å². The van der Waals surface area contributed by atoms with Crippen LogP contribution >= 0.6 is 0 Å². The van der Waals surface area contributed by atoms with E-state index in [2.05, 4.69) is 12.1 Å². The van der Waals surface area contributed by atoms with Gasteiger partial charge >= 0.3 is 5.97 Å². The first-order chi connectivity index (χ1) is 13.2. The van der Waals surface area contributed by atoms with E-state index in [0.29, 0.717) is 12.0 Å². The molecule has 0 amide bonds. The molecule has 27 heavy (non-hydrogen) atoms. The minimum atomic E-state index is -0.811. The van der Waals surface area contributed by atoms with Crippen LogP contribution in [0, 0.1) is 0 Å². The molecule has 3 aromatic carbocycles. The zero-order valence-corrected chi connectivity index (χ0v) is 15.1. The molecule has 3 aromatic rings. The van der Waals surface area contributed by atoms with Gasteiger partial charge in [-0.15, -0.1) is 0 Å².